The van der Waals surface area contributed by atoms with Crippen LogP contribution in [0.4, 0.5) is 11.6 Å². The molecule has 0 radical (unpaired) electrons. The maximum Gasteiger partial charge on any atom is 0.312 e. The summed E-state index contributed by atoms with van der Waals surface area (Å²) in [6.45, 7) is 2.95. The van der Waals surface area contributed by atoms with Crippen LogP contribution in [0.1, 0.15) is 12.6 Å². The minimum Gasteiger partial charge on any atom is -0.466 e. The van der Waals surface area contributed by atoms with Crippen LogP contribution in [0.25, 0.3) is 0 Å². The monoisotopic (exact) mass is 368 g/mol. The summed E-state index contributed by atoms with van der Waals surface area (Å²) in [6.07, 6.45) is -0.188. The maximum absolute atomic E-state index is 12.5. The molecule has 0 saturated heterocycles. The molecular formula is C15H14Cl2N4O3. The van der Waals surface area contributed by atoms with E-state index in [1.165, 1.54) is 4.57 Å². The number of rotatable bonds is 4. The van der Waals surface area contributed by atoms with Gasteiger partial charge in [-0.05, 0) is 25.1 Å². The lowest BCUT2D eigenvalue weighted by molar-refractivity contribution is -0.142. The molecule has 0 fully saturated rings. The Kier molecular flexibility index (Phi) is 4.73. The number of benzene rings is 1. The van der Waals surface area contributed by atoms with E-state index in [9.17, 15) is 9.59 Å². The lowest BCUT2D eigenvalue weighted by Gasteiger charge is -2.17. The molecule has 7 nitrogen and oxygen atoms in total. The van der Waals surface area contributed by atoms with Gasteiger partial charge in [-0.15, -0.1) is 10.2 Å². The van der Waals surface area contributed by atoms with Crippen molar-refractivity contribution in [1.29, 1.82) is 0 Å². The molecule has 0 N–H and O–H groups in total. The molecule has 1 aromatic heterocycles. The molecule has 0 atom stereocenters. The zero-order valence-electron chi connectivity index (χ0n) is 12.8. The third-order valence-corrected chi connectivity index (χ3v) is 4.35. The van der Waals surface area contributed by atoms with Crippen LogP contribution in [0.2, 0.25) is 10.0 Å². The van der Waals surface area contributed by atoms with E-state index in [2.05, 4.69) is 10.2 Å². The summed E-state index contributed by atoms with van der Waals surface area (Å²) in [4.78, 5) is 25.8. The molecule has 0 amide bonds. The van der Waals surface area contributed by atoms with E-state index >= 15 is 0 Å². The number of esters is 1. The van der Waals surface area contributed by atoms with Crippen LogP contribution < -0.4 is 10.5 Å². The Hall–Kier alpha value is -2.12. The van der Waals surface area contributed by atoms with Crippen molar-refractivity contribution in [2.24, 2.45) is 0 Å². The van der Waals surface area contributed by atoms with Gasteiger partial charge in [0.1, 0.15) is 5.69 Å². The van der Waals surface area contributed by atoms with Gasteiger partial charge in [0.2, 0.25) is 5.95 Å². The Balaban J connectivity index is 1.92. The van der Waals surface area contributed by atoms with Crippen molar-refractivity contribution in [3.05, 3.63) is 44.3 Å². The molecule has 1 aromatic carbocycles. The first kappa shape index (κ1) is 16.7. The zero-order valence-corrected chi connectivity index (χ0v) is 14.3. The van der Waals surface area contributed by atoms with Gasteiger partial charge in [0.25, 0.3) is 5.56 Å². The van der Waals surface area contributed by atoms with Crippen LogP contribution in [0.3, 0.4) is 0 Å². The highest BCUT2D eigenvalue weighted by molar-refractivity contribution is 6.42. The van der Waals surface area contributed by atoms with Crippen molar-refractivity contribution >= 4 is 40.8 Å². The number of fused-ring (bicyclic) bond motifs is 1. The zero-order chi connectivity index (χ0) is 17.3. The third kappa shape index (κ3) is 3.09. The molecule has 3 rings (SSSR count). The van der Waals surface area contributed by atoms with Crippen LogP contribution >= 0.6 is 23.2 Å². The van der Waals surface area contributed by atoms with Gasteiger partial charge in [-0.3, -0.25) is 14.2 Å². The Bertz CT molecular complexity index is 853. The number of hydrogen-bond donors (Lipinski definition) is 0. The molecule has 9 heteroatoms. The van der Waals surface area contributed by atoms with Gasteiger partial charge in [-0.2, -0.15) is 0 Å². The van der Waals surface area contributed by atoms with E-state index in [1.807, 2.05) is 4.90 Å². The SMILES string of the molecule is CCOC(=O)Cc1nnc2n(c1=O)CCN2c1ccc(Cl)c(Cl)c1. The number of hydrogen-bond acceptors (Lipinski definition) is 6. The van der Waals surface area contributed by atoms with Crippen LogP contribution in [-0.4, -0.2) is 33.9 Å². The highest BCUT2D eigenvalue weighted by Crippen LogP contribution is 2.32. The summed E-state index contributed by atoms with van der Waals surface area (Å²) in [5.74, 6) is -0.0882. The minimum absolute atomic E-state index is 0.0770. The third-order valence-electron chi connectivity index (χ3n) is 3.61. The van der Waals surface area contributed by atoms with Crippen molar-refractivity contribution in [3.8, 4) is 0 Å². The van der Waals surface area contributed by atoms with Gasteiger partial charge in [0.15, 0.2) is 0 Å². The van der Waals surface area contributed by atoms with E-state index in [4.69, 9.17) is 27.9 Å². The predicted molar refractivity (Wildman–Crippen MR) is 90.1 cm³/mol. The number of carbonyl (C=O) groups is 1. The number of aromatic nitrogens is 3. The van der Waals surface area contributed by atoms with Crippen molar-refractivity contribution in [3.63, 3.8) is 0 Å². The van der Waals surface area contributed by atoms with Gasteiger partial charge in [0, 0.05) is 18.8 Å². The molecule has 0 spiro atoms. The van der Waals surface area contributed by atoms with Crippen LogP contribution in [-0.2, 0) is 22.5 Å². The van der Waals surface area contributed by atoms with Gasteiger partial charge in [0.05, 0.1) is 23.1 Å². The lowest BCUT2D eigenvalue weighted by Crippen LogP contribution is -2.27. The second kappa shape index (κ2) is 6.78. The van der Waals surface area contributed by atoms with Crippen molar-refractivity contribution in [2.75, 3.05) is 18.1 Å². The molecule has 0 unspecified atom stereocenters. The van der Waals surface area contributed by atoms with E-state index in [1.54, 1.807) is 25.1 Å². The number of carbonyl (C=O) groups excluding carboxylic acids is 1. The molecule has 2 aromatic rings. The van der Waals surface area contributed by atoms with Crippen molar-refractivity contribution < 1.29 is 9.53 Å². The van der Waals surface area contributed by atoms with Crippen LogP contribution in [0.15, 0.2) is 23.0 Å². The molecule has 0 saturated carbocycles. The second-order valence-electron chi connectivity index (χ2n) is 5.14. The Morgan fingerprint density at radius 1 is 1.25 bits per heavy atom. The van der Waals surface area contributed by atoms with Crippen molar-refractivity contribution in [2.45, 2.75) is 19.9 Å². The first-order valence-corrected chi connectivity index (χ1v) is 8.11. The molecule has 24 heavy (non-hydrogen) atoms. The Morgan fingerprint density at radius 2 is 2.04 bits per heavy atom. The fourth-order valence-corrected chi connectivity index (χ4v) is 2.80. The standard InChI is InChI=1S/C15H14Cl2N4O3/c1-2-24-13(22)8-12-14(23)21-6-5-20(15(21)19-18-12)9-3-4-10(16)11(17)7-9/h3-4,7H,2,5-6,8H2,1H3. The number of anilines is 2. The van der Waals surface area contributed by atoms with Gasteiger partial charge in [-0.25, -0.2) is 0 Å². The van der Waals surface area contributed by atoms with Gasteiger partial charge < -0.3 is 9.64 Å². The van der Waals surface area contributed by atoms with E-state index in [0.29, 0.717) is 29.1 Å². The lowest BCUT2D eigenvalue weighted by atomic mass is 10.3. The maximum atomic E-state index is 12.5. The minimum atomic E-state index is -0.496. The van der Waals surface area contributed by atoms with E-state index in [0.717, 1.165) is 5.69 Å². The number of nitrogens with zero attached hydrogens (tertiary/aromatic N) is 4. The van der Waals surface area contributed by atoms with E-state index < -0.39 is 5.97 Å². The summed E-state index contributed by atoms with van der Waals surface area (Å²) in [7, 11) is 0. The number of ether oxygens (including phenoxy) is 1. The highest BCUT2D eigenvalue weighted by Gasteiger charge is 2.26. The number of halogens is 2. The molecule has 0 aliphatic carbocycles. The average molecular weight is 369 g/mol. The molecule has 2 heterocycles. The summed E-state index contributed by atoms with van der Waals surface area (Å²) >= 11 is 12.0. The first-order valence-electron chi connectivity index (χ1n) is 7.36. The highest BCUT2D eigenvalue weighted by atomic mass is 35.5. The second-order valence-corrected chi connectivity index (χ2v) is 5.95. The molecule has 126 valence electrons. The Morgan fingerprint density at radius 3 is 2.75 bits per heavy atom. The first-order chi connectivity index (χ1) is 11.5. The van der Waals surface area contributed by atoms with Crippen LogP contribution in [0, 0.1) is 0 Å². The largest absolute Gasteiger partial charge is 0.466 e. The molecular weight excluding hydrogens is 355 g/mol. The normalized spacial score (nSPS) is 13.0. The summed E-state index contributed by atoms with van der Waals surface area (Å²) < 4.78 is 6.33. The molecule has 1 aliphatic rings. The molecule has 0 bridgehead atoms. The quantitative estimate of drug-likeness (QED) is 0.769. The van der Waals surface area contributed by atoms with Crippen LogP contribution in [0.5, 0.6) is 0 Å². The van der Waals surface area contributed by atoms with Gasteiger partial charge >= 0.3 is 5.97 Å². The summed E-state index contributed by atoms with van der Waals surface area (Å²) in [5, 5.41) is 8.87. The average Bonchev–Trinajstić information content (AvgIpc) is 2.98. The van der Waals surface area contributed by atoms with Gasteiger partial charge in [-0.1, -0.05) is 23.2 Å². The Labute approximate surface area is 147 Å². The fraction of sp³-hybridized carbons (Fsp3) is 0.333. The van der Waals surface area contributed by atoms with E-state index in [-0.39, 0.29) is 24.3 Å². The fourth-order valence-electron chi connectivity index (χ4n) is 2.51. The summed E-state index contributed by atoms with van der Waals surface area (Å²) in [5.41, 5.74) is 0.506. The van der Waals surface area contributed by atoms with Crippen molar-refractivity contribution in [1.82, 2.24) is 14.8 Å². The smallest absolute Gasteiger partial charge is 0.312 e. The predicted octanol–water partition coefficient (Wildman–Crippen LogP) is 2.20. The topological polar surface area (TPSA) is 77.3 Å². The summed E-state index contributed by atoms with van der Waals surface area (Å²) in [6, 6.07) is 5.18. The molecule has 1 aliphatic heterocycles.